The molecule has 0 bridgehead atoms. The lowest BCUT2D eigenvalue weighted by Gasteiger charge is -2.27. The molecule has 2 heterocycles. The molecule has 3 rings (SSSR count). The van der Waals surface area contributed by atoms with Crippen LogP contribution in [0.4, 0.5) is 14.6 Å². The number of benzene rings is 1. The van der Waals surface area contributed by atoms with Crippen molar-refractivity contribution >= 4 is 11.7 Å². The number of hydrogen-bond acceptors (Lipinski definition) is 4. The zero-order valence-corrected chi connectivity index (χ0v) is 13.1. The van der Waals surface area contributed by atoms with E-state index >= 15 is 0 Å². The average Bonchev–Trinajstić information content (AvgIpc) is 2.61. The normalized spacial score (nSPS) is 14.5. The van der Waals surface area contributed by atoms with Crippen LogP contribution in [0.2, 0.25) is 0 Å². The molecule has 1 aromatic heterocycles. The predicted octanol–water partition coefficient (Wildman–Crippen LogP) is 2.68. The van der Waals surface area contributed by atoms with Gasteiger partial charge in [0, 0.05) is 19.3 Å². The summed E-state index contributed by atoms with van der Waals surface area (Å²) < 4.78 is 27.2. The first-order valence-electron chi connectivity index (χ1n) is 7.94. The number of carbonyl (C=O) groups excluding carboxylic acids is 1. The molecular formula is C17H18F2N4O. The van der Waals surface area contributed by atoms with Gasteiger partial charge in [0.05, 0.1) is 6.54 Å². The van der Waals surface area contributed by atoms with Gasteiger partial charge in [0.15, 0.2) is 0 Å². The Kier molecular flexibility index (Phi) is 4.98. The number of rotatable bonds is 4. The van der Waals surface area contributed by atoms with E-state index < -0.39 is 23.1 Å². The van der Waals surface area contributed by atoms with Crippen molar-refractivity contribution in [3.8, 4) is 0 Å². The van der Waals surface area contributed by atoms with E-state index in [1.54, 1.807) is 6.20 Å². The Labute approximate surface area is 138 Å². The molecule has 0 saturated carbocycles. The summed E-state index contributed by atoms with van der Waals surface area (Å²) in [6.07, 6.45) is 5.10. The summed E-state index contributed by atoms with van der Waals surface area (Å²) in [5.74, 6) is -1.39. The van der Waals surface area contributed by atoms with E-state index in [0.29, 0.717) is 5.82 Å². The van der Waals surface area contributed by atoms with Gasteiger partial charge < -0.3 is 10.2 Å². The minimum atomic E-state index is -0.893. The Morgan fingerprint density at radius 2 is 1.83 bits per heavy atom. The van der Waals surface area contributed by atoms with Gasteiger partial charge in [-0.25, -0.2) is 18.7 Å². The van der Waals surface area contributed by atoms with Crippen LogP contribution in [0.3, 0.4) is 0 Å². The fraction of sp³-hybridized carbons (Fsp3) is 0.353. The molecule has 24 heavy (non-hydrogen) atoms. The number of nitrogens with one attached hydrogen (secondary N) is 1. The van der Waals surface area contributed by atoms with E-state index in [2.05, 4.69) is 20.2 Å². The van der Waals surface area contributed by atoms with Crippen LogP contribution in [0.25, 0.3) is 0 Å². The molecule has 1 N–H and O–H groups in total. The Balaban J connectivity index is 1.67. The first-order valence-corrected chi connectivity index (χ1v) is 7.94. The quantitative estimate of drug-likeness (QED) is 0.935. The van der Waals surface area contributed by atoms with Gasteiger partial charge in [-0.3, -0.25) is 4.79 Å². The third-order valence-corrected chi connectivity index (χ3v) is 3.97. The highest BCUT2D eigenvalue weighted by molar-refractivity contribution is 5.94. The van der Waals surface area contributed by atoms with Gasteiger partial charge in [-0.1, -0.05) is 6.07 Å². The van der Waals surface area contributed by atoms with Gasteiger partial charge in [0.2, 0.25) is 0 Å². The molecule has 7 heteroatoms. The summed E-state index contributed by atoms with van der Waals surface area (Å²) in [4.78, 5) is 22.7. The first kappa shape index (κ1) is 16.3. The van der Waals surface area contributed by atoms with Crippen LogP contribution in [-0.4, -0.2) is 29.0 Å². The number of nitrogens with zero attached hydrogens (tertiary/aromatic N) is 3. The number of amides is 1. The highest BCUT2D eigenvalue weighted by atomic mass is 19.1. The second-order valence-corrected chi connectivity index (χ2v) is 5.66. The molecular weight excluding hydrogens is 314 g/mol. The van der Waals surface area contributed by atoms with E-state index in [1.165, 1.54) is 12.5 Å². The maximum Gasteiger partial charge on any atom is 0.257 e. The van der Waals surface area contributed by atoms with Crippen LogP contribution in [0.15, 0.2) is 30.5 Å². The summed E-state index contributed by atoms with van der Waals surface area (Å²) in [6.45, 7) is 1.90. The molecule has 0 radical (unpaired) electrons. The van der Waals surface area contributed by atoms with Crippen LogP contribution < -0.4 is 10.2 Å². The monoisotopic (exact) mass is 332 g/mol. The number of hydrogen-bond donors (Lipinski definition) is 1. The Hall–Kier alpha value is -2.57. The highest BCUT2D eigenvalue weighted by Gasteiger charge is 2.17. The molecule has 1 fully saturated rings. The zero-order chi connectivity index (χ0) is 16.9. The molecule has 2 aromatic rings. The summed E-state index contributed by atoms with van der Waals surface area (Å²) in [5, 5.41) is 2.46. The van der Waals surface area contributed by atoms with Gasteiger partial charge >= 0.3 is 0 Å². The molecule has 0 atom stereocenters. The third kappa shape index (κ3) is 3.67. The highest BCUT2D eigenvalue weighted by Crippen LogP contribution is 2.17. The first-order chi connectivity index (χ1) is 11.6. The standard InChI is InChI=1S/C17H18F2N4O/c18-12-5-4-6-13(19)16(12)17(24)21-11-14-20-8-7-15(22-14)23-9-2-1-3-10-23/h4-8H,1-3,9-11H2,(H,21,24). The summed E-state index contributed by atoms with van der Waals surface area (Å²) in [5.41, 5.74) is -0.593. The number of carbonyl (C=O) groups is 1. The van der Waals surface area contributed by atoms with Crippen LogP contribution >= 0.6 is 0 Å². The van der Waals surface area contributed by atoms with Crippen molar-refractivity contribution in [2.75, 3.05) is 18.0 Å². The van der Waals surface area contributed by atoms with Crippen molar-refractivity contribution < 1.29 is 13.6 Å². The molecule has 1 aliphatic heterocycles. The fourth-order valence-corrected chi connectivity index (χ4v) is 2.74. The van der Waals surface area contributed by atoms with Crippen molar-refractivity contribution in [2.45, 2.75) is 25.8 Å². The van der Waals surface area contributed by atoms with Gasteiger partial charge in [0.1, 0.15) is 28.8 Å². The van der Waals surface area contributed by atoms with Crippen molar-refractivity contribution in [3.63, 3.8) is 0 Å². The predicted molar refractivity (Wildman–Crippen MR) is 85.6 cm³/mol. The fourth-order valence-electron chi connectivity index (χ4n) is 2.74. The number of piperidine rings is 1. The second kappa shape index (κ2) is 7.33. The Morgan fingerprint density at radius 1 is 1.12 bits per heavy atom. The van der Waals surface area contributed by atoms with Crippen LogP contribution in [0.1, 0.15) is 35.4 Å². The van der Waals surface area contributed by atoms with Gasteiger partial charge in [0.25, 0.3) is 5.91 Å². The van der Waals surface area contributed by atoms with E-state index in [4.69, 9.17) is 0 Å². The second-order valence-electron chi connectivity index (χ2n) is 5.66. The molecule has 1 saturated heterocycles. The smallest absolute Gasteiger partial charge is 0.257 e. The minimum Gasteiger partial charge on any atom is -0.357 e. The van der Waals surface area contributed by atoms with Crippen LogP contribution in [0.5, 0.6) is 0 Å². The van der Waals surface area contributed by atoms with Crippen LogP contribution in [0, 0.1) is 11.6 Å². The summed E-state index contributed by atoms with van der Waals surface area (Å²) >= 11 is 0. The van der Waals surface area contributed by atoms with E-state index in [9.17, 15) is 13.6 Å². The molecule has 5 nitrogen and oxygen atoms in total. The molecule has 126 valence electrons. The third-order valence-electron chi connectivity index (χ3n) is 3.97. The minimum absolute atomic E-state index is 0.00822. The topological polar surface area (TPSA) is 58.1 Å². The maximum atomic E-state index is 13.6. The number of aromatic nitrogens is 2. The van der Waals surface area contributed by atoms with Crippen molar-refractivity contribution in [2.24, 2.45) is 0 Å². The number of anilines is 1. The molecule has 0 aliphatic carbocycles. The zero-order valence-electron chi connectivity index (χ0n) is 13.1. The largest absolute Gasteiger partial charge is 0.357 e. The lowest BCUT2D eigenvalue weighted by atomic mass is 10.1. The number of halogens is 2. The SMILES string of the molecule is O=C(NCc1nccc(N2CCCCC2)n1)c1c(F)cccc1F. The van der Waals surface area contributed by atoms with Crippen molar-refractivity contribution in [1.29, 1.82) is 0 Å². The Morgan fingerprint density at radius 3 is 2.54 bits per heavy atom. The summed E-state index contributed by atoms with van der Waals surface area (Å²) in [6, 6.07) is 5.14. The maximum absolute atomic E-state index is 13.6. The van der Waals surface area contributed by atoms with E-state index in [-0.39, 0.29) is 6.54 Å². The summed E-state index contributed by atoms with van der Waals surface area (Å²) in [7, 11) is 0. The average molecular weight is 332 g/mol. The lowest BCUT2D eigenvalue weighted by Crippen LogP contribution is -2.31. The van der Waals surface area contributed by atoms with Crippen molar-refractivity contribution in [1.82, 2.24) is 15.3 Å². The van der Waals surface area contributed by atoms with E-state index in [0.717, 1.165) is 43.9 Å². The Bertz CT molecular complexity index is 712. The van der Waals surface area contributed by atoms with Crippen LogP contribution in [-0.2, 0) is 6.54 Å². The van der Waals surface area contributed by atoms with Gasteiger partial charge in [-0.15, -0.1) is 0 Å². The molecule has 1 amide bonds. The van der Waals surface area contributed by atoms with Crippen molar-refractivity contribution in [3.05, 3.63) is 53.5 Å². The molecule has 0 spiro atoms. The molecule has 1 aromatic carbocycles. The molecule has 1 aliphatic rings. The van der Waals surface area contributed by atoms with Gasteiger partial charge in [-0.05, 0) is 37.5 Å². The molecule has 0 unspecified atom stereocenters. The van der Waals surface area contributed by atoms with Gasteiger partial charge in [-0.2, -0.15) is 0 Å². The lowest BCUT2D eigenvalue weighted by molar-refractivity contribution is 0.0941. The van der Waals surface area contributed by atoms with E-state index in [1.807, 2.05) is 6.07 Å².